The van der Waals surface area contributed by atoms with E-state index >= 15 is 0 Å². The minimum Gasteiger partial charge on any atom is -0.376 e. The zero-order chi connectivity index (χ0) is 9.80. The van der Waals surface area contributed by atoms with Crippen molar-refractivity contribution in [3.63, 3.8) is 0 Å². The highest BCUT2D eigenvalue weighted by Crippen LogP contribution is 2.09. The molecule has 80 valence electrons. The molecule has 0 aromatic heterocycles. The molecular formula is C10H19N3O. The molecule has 1 unspecified atom stereocenters. The number of hydrogen-bond acceptors (Lipinski definition) is 4. The van der Waals surface area contributed by atoms with Crippen LogP contribution in [0.3, 0.4) is 0 Å². The van der Waals surface area contributed by atoms with Crippen molar-refractivity contribution >= 4 is 5.96 Å². The maximum atomic E-state index is 5.72. The number of nitrogens with zero attached hydrogens (tertiary/aromatic N) is 2. The van der Waals surface area contributed by atoms with E-state index in [1.807, 2.05) is 0 Å². The number of aliphatic imine (C=N–C) groups is 1. The molecule has 1 saturated heterocycles. The van der Waals surface area contributed by atoms with Gasteiger partial charge in [-0.05, 0) is 12.8 Å². The molecule has 0 aromatic rings. The average molecular weight is 197 g/mol. The Bertz CT molecular complexity index is 217. The molecule has 0 amide bonds. The smallest absolute Gasteiger partial charge is 0.194 e. The molecule has 14 heavy (non-hydrogen) atoms. The fraction of sp³-hybridized carbons (Fsp3) is 0.900. The van der Waals surface area contributed by atoms with Crippen molar-refractivity contribution in [3.05, 3.63) is 0 Å². The molecule has 2 aliphatic heterocycles. The van der Waals surface area contributed by atoms with Gasteiger partial charge >= 0.3 is 0 Å². The predicted molar refractivity (Wildman–Crippen MR) is 56.5 cm³/mol. The summed E-state index contributed by atoms with van der Waals surface area (Å²) in [4.78, 5) is 6.77. The van der Waals surface area contributed by atoms with Gasteiger partial charge < -0.3 is 15.0 Å². The molecule has 1 fully saturated rings. The number of guanidine groups is 1. The highest BCUT2D eigenvalue weighted by molar-refractivity contribution is 5.81. The minimum absolute atomic E-state index is 0.377. The third kappa shape index (κ3) is 2.18. The van der Waals surface area contributed by atoms with Crippen LogP contribution in [0.1, 0.15) is 19.8 Å². The monoisotopic (exact) mass is 197 g/mol. The molecule has 4 nitrogen and oxygen atoms in total. The highest BCUT2D eigenvalue weighted by atomic mass is 16.5. The summed E-state index contributed by atoms with van der Waals surface area (Å²) < 4.78 is 5.72. The van der Waals surface area contributed by atoms with Crippen molar-refractivity contribution in [2.45, 2.75) is 25.9 Å². The molecule has 0 radical (unpaired) electrons. The standard InChI is InChI=1S/C10H19N3O/c1-2-9-8-13(6-3-7-14-9)10-11-4-5-12-10/h9H,2-8H2,1H3,(H,11,12). The molecule has 1 N–H and O–H groups in total. The largest absolute Gasteiger partial charge is 0.376 e. The lowest BCUT2D eigenvalue weighted by atomic mass is 10.2. The Morgan fingerprint density at radius 1 is 1.64 bits per heavy atom. The molecule has 1 atom stereocenters. The van der Waals surface area contributed by atoms with Crippen LogP contribution in [-0.2, 0) is 4.74 Å². The quantitative estimate of drug-likeness (QED) is 0.663. The number of hydrogen-bond donors (Lipinski definition) is 1. The predicted octanol–water partition coefficient (Wildman–Crippen LogP) is 0.446. The first kappa shape index (κ1) is 9.77. The van der Waals surface area contributed by atoms with E-state index in [2.05, 4.69) is 22.1 Å². The van der Waals surface area contributed by atoms with Gasteiger partial charge in [-0.1, -0.05) is 6.92 Å². The fourth-order valence-corrected chi connectivity index (χ4v) is 1.93. The first-order chi connectivity index (χ1) is 6.90. The Kier molecular flexibility index (Phi) is 3.24. The van der Waals surface area contributed by atoms with Crippen LogP contribution in [0.15, 0.2) is 4.99 Å². The van der Waals surface area contributed by atoms with Crippen LogP contribution in [0.5, 0.6) is 0 Å². The van der Waals surface area contributed by atoms with Crippen molar-refractivity contribution in [2.75, 3.05) is 32.8 Å². The summed E-state index contributed by atoms with van der Waals surface area (Å²) in [5, 5.41) is 3.32. The van der Waals surface area contributed by atoms with E-state index in [1.54, 1.807) is 0 Å². The van der Waals surface area contributed by atoms with Gasteiger partial charge in [-0.25, -0.2) is 0 Å². The van der Waals surface area contributed by atoms with Gasteiger partial charge in [-0.15, -0.1) is 0 Å². The lowest BCUT2D eigenvalue weighted by molar-refractivity contribution is 0.0582. The third-order valence-electron chi connectivity index (χ3n) is 2.76. The topological polar surface area (TPSA) is 36.9 Å². The molecule has 0 aromatic carbocycles. The molecule has 0 bridgehead atoms. The Morgan fingerprint density at radius 2 is 2.57 bits per heavy atom. The number of nitrogens with one attached hydrogen (secondary N) is 1. The van der Waals surface area contributed by atoms with Crippen LogP contribution in [-0.4, -0.2) is 49.7 Å². The first-order valence-corrected chi connectivity index (χ1v) is 5.55. The van der Waals surface area contributed by atoms with E-state index in [4.69, 9.17) is 4.74 Å². The summed E-state index contributed by atoms with van der Waals surface area (Å²) in [6.45, 7) is 7.04. The van der Waals surface area contributed by atoms with Crippen molar-refractivity contribution in [3.8, 4) is 0 Å². The summed E-state index contributed by atoms with van der Waals surface area (Å²) in [6.07, 6.45) is 2.57. The van der Waals surface area contributed by atoms with Crippen LogP contribution in [0.2, 0.25) is 0 Å². The van der Waals surface area contributed by atoms with E-state index < -0.39 is 0 Å². The van der Waals surface area contributed by atoms with Gasteiger partial charge in [-0.2, -0.15) is 0 Å². The van der Waals surface area contributed by atoms with Crippen LogP contribution in [0.4, 0.5) is 0 Å². The van der Waals surface area contributed by atoms with Crippen LogP contribution in [0, 0.1) is 0 Å². The maximum Gasteiger partial charge on any atom is 0.194 e. The molecule has 0 saturated carbocycles. The maximum absolute atomic E-state index is 5.72. The van der Waals surface area contributed by atoms with Crippen LogP contribution < -0.4 is 5.32 Å². The molecule has 2 heterocycles. The Labute approximate surface area is 85.3 Å². The molecule has 0 aliphatic carbocycles. The zero-order valence-electron chi connectivity index (χ0n) is 8.83. The molecule has 2 aliphatic rings. The normalized spacial score (nSPS) is 28.2. The molecular weight excluding hydrogens is 178 g/mol. The minimum atomic E-state index is 0.377. The van der Waals surface area contributed by atoms with Gasteiger partial charge in [0.05, 0.1) is 12.6 Å². The van der Waals surface area contributed by atoms with E-state index in [1.165, 1.54) is 0 Å². The highest BCUT2D eigenvalue weighted by Gasteiger charge is 2.21. The summed E-state index contributed by atoms with van der Waals surface area (Å²) >= 11 is 0. The summed E-state index contributed by atoms with van der Waals surface area (Å²) in [6, 6.07) is 0. The van der Waals surface area contributed by atoms with Gasteiger partial charge in [0.2, 0.25) is 0 Å². The first-order valence-electron chi connectivity index (χ1n) is 5.55. The van der Waals surface area contributed by atoms with E-state index in [0.29, 0.717) is 6.10 Å². The molecule has 2 rings (SSSR count). The van der Waals surface area contributed by atoms with Crippen molar-refractivity contribution in [1.29, 1.82) is 0 Å². The van der Waals surface area contributed by atoms with Crippen LogP contribution in [0.25, 0.3) is 0 Å². The molecule has 4 heteroatoms. The van der Waals surface area contributed by atoms with Gasteiger partial charge in [0, 0.05) is 26.2 Å². The second kappa shape index (κ2) is 4.64. The van der Waals surface area contributed by atoms with E-state index in [0.717, 1.165) is 51.6 Å². The Hall–Kier alpha value is -0.770. The van der Waals surface area contributed by atoms with Gasteiger partial charge in [0.15, 0.2) is 5.96 Å². The number of ether oxygens (including phenoxy) is 1. The lowest BCUT2D eigenvalue weighted by Gasteiger charge is -2.24. The summed E-state index contributed by atoms with van der Waals surface area (Å²) in [5.74, 6) is 1.08. The SMILES string of the molecule is CCC1CN(C2=NCCN2)CCCO1. The number of rotatable bonds is 1. The third-order valence-corrected chi connectivity index (χ3v) is 2.76. The van der Waals surface area contributed by atoms with E-state index in [-0.39, 0.29) is 0 Å². The second-order valence-corrected chi connectivity index (χ2v) is 3.83. The Morgan fingerprint density at radius 3 is 3.29 bits per heavy atom. The van der Waals surface area contributed by atoms with Crippen LogP contribution >= 0.6 is 0 Å². The lowest BCUT2D eigenvalue weighted by Crippen LogP contribution is -2.42. The average Bonchev–Trinajstić information content (AvgIpc) is 2.63. The van der Waals surface area contributed by atoms with E-state index in [9.17, 15) is 0 Å². The summed E-state index contributed by atoms with van der Waals surface area (Å²) in [5.41, 5.74) is 0. The molecule has 0 spiro atoms. The zero-order valence-corrected chi connectivity index (χ0v) is 8.83. The second-order valence-electron chi connectivity index (χ2n) is 3.83. The van der Waals surface area contributed by atoms with Crippen molar-refractivity contribution in [1.82, 2.24) is 10.2 Å². The fourth-order valence-electron chi connectivity index (χ4n) is 1.93. The van der Waals surface area contributed by atoms with Crippen molar-refractivity contribution in [2.24, 2.45) is 4.99 Å². The Balaban J connectivity index is 1.95. The van der Waals surface area contributed by atoms with Gasteiger partial charge in [-0.3, -0.25) is 4.99 Å². The summed E-state index contributed by atoms with van der Waals surface area (Å²) in [7, 11) is 0. The van der Waals surface area contributed by atoms with Gasteiger partial charge in [0.25, 0.3) is 0 Å². The van der Waals surface area contributed by atoms with Gasteiger partial charge in [0.1, 0.15) is 0 Å². The van der Waals surface area contributed by atoms with Crippen molar-refractivity contribution < 1.29 is 4.74 Å².